The first-order valence-corrected chi connectivity index (χ1v) is 7.36. The van der Waals surface area contributed by atoms with E-state index in [2.05, 4.69) is 33.0 Å². The van der Waals surface area contributed by atoms with Crippen molar-refractivity contribution in [1.29, 1.82) is 0 Å². The summed E-state index contributed by atoms with van der Waals surface area (Å²) in [6.45, 7) is 9.83. The van der Waals surface area contributed by atoms with Crippen molar-refractivity contribution in [2.45, 2.75) is 57.9 Å². The van der Waals surface area contributed by atoms with Crippen molar-refractivity contribution in [2.75, 3.05) is 6.54 Å². The minimum absolute atomic E-state index is 0.129. The molecule has 1 nitrogen and oxygen atoms in total. The minimum Gasteiger partial charge on any atom is -0.311 e. The van der Waals surface area contributed by atoms with Gasteiger partial charge in [0.25, 0.3) is 0 Å². The topological polar surface area (TPSA) is 12.0 Å². The van der Waals surface area contributed by atoms with E-state index in [-0.39, 0.29) is 16.8 Å². The molecular formula is C17H26FN. The molecule has 106 valence electrons. The molecule has 1 aromatic carbocycles. The van der Waals surface area contributed by atoms with Gasteiger partial charge in [-0.15, -0.1) is 0 Å². The second kappa shape index (κ2) is 5.24. The Morgan fingerprint density at radius 2 is 1.79 bits per heavy atom. The molecule has 1 saturated carbocycles. The largest absolute Gasteiger partial charge is 0.311 e. The lowest BCUT2D eigenvalue weighted by molar-refractivity contribution is 0.124. The zero-order valence-electron chi connectivity index (χ0n) is 12.6. The molecule has 1 aliphatic rings. The van der Waals surface area contributed by atoms with E-state index in [1.807, 2.05) is 12.1 Å². The molecule has 0 atom stereocenters. The summed E-state index contributed by atoms with van der Waals surface area (Å²) in [6, 6.07) is 7.11. The van der Waals surface area contributed by atoms with Crippen LogP contribution in [0.2, 0.25) is 0 Å². The smallest absolute Gasteiger partial charge is 0.123 e. The van der Waals surface area contributed by atoms with Crippen LogP contribution in [0.5, 0.6) is 0 Å². The van der Waals surface area contributed by atoms with Gasteiger partial charge in [0, 0.05) is 17.5 Å². The van der Waals surface area contributed by atoms with Gasteiger partial charge in [-0.1, -0.05) is 25.5 Å². The van der Waals surface area contributed by atoms with Crippen molar-refractivity contribution in [3.8, 4) is 0 Å². The lowest BCUT2D eigenvalue weighted by atomic mass is 9.57. The molecule has 1 aliphatic carbocycles. The van der Waals surface area contributed by atoms with E-state index in [1.165, 1.54) is 24.8 Å². The van der Waals surface area contributed by atoms with Crippen LogP contribution in [0.1, 0.15) is 52.5 Å². The molecule has 1 fully saturated rings. The second-order valence-electron chi connectivity index (χ2n) is 7.07. The van der Waals surface area contributed by atoms with Gasteiger partial charge in [0.15, 0.2) is 0 Å². The predicted molar refractivity (Wildman–Crippen MR) is 78.8 cm³/mol. The Morgan fingerprint density at radius 1 is 1.21 bits per heavy atom. The Hall–Kier alpha value is -0.890. The third-order valence-electron chi connectivity index (χ3n) is 4.35. The number of halogens is 1. The Balaban J connectivity index is 2.14. The highest BCUT2D eigenvalue weighted by atomic mass is 19.1. The molecule has 0 heterocycles. The van der Waals surface area contributed by atoms with Crippen LogP contribution in [-0.2, 0) is 5.41 Å². The van der Waals surface area contributed by atoms with Crippen LogP contribution in [0.3, 0.4) is 0 Å². The number of rotatable bonds is 4. The average Bonchev–Trinajstić information content (AvgIpc) is 2.28. The number of hydrogen-bond acceptors (Lipinski definition) is 1. The number of nitrogens with one attached hydrogen (secondary N) is 1. The fraction of sp³-hybridized carbons (Fsp3) is 0.647. The fourth-order valence-corrected chi connectivity index (χ4v) is 3.05. The summed E-state index contributed by atoms with van der Waals surface area (Å²) < 4.78 is 13.1. The third-order valence-corrected chi connectivity index (χ3v) is 4.35. The van der Waals surface area contributed by atoms with Crippen LogP contribution in [-0.4, -0.2) is 12.1 Å². The van der Waals surface area contributed by atoms with E-state index < -0.39 is 0 Å². The minimum atomic E-state index is -0.144. The van der Waals surface area contributed by atoms with Gasteiger partial charge in [-0.2, -0.15) is 0 Å². The van der Waals surface area contributed by atoms with Gasteiger partial charge in [-0.3, -0.25) is 0 Å². The molecule has 0 amide bonds. The lowest BCUT2D eigenvalue weighted by Crippen LogP contribution is -2.52. The number of benzene rings is 1. The van der Waals surface area contributed by atoms with Gasteiger partial charge >= 0.3 is 0 Å². The maximum atomic E-state index is 13.1. The third kappa shape index (κ3) is 3.36. The SMILES string of the molecule is CCC1CC(CNC(C)(C)C)(c2ccc(F)cc2)C1. The Kier molecular flexibility index (Phi) is 4.00. The van der Waals surface area contributed by atoms with E-state index in [0.29, 0.717) is 0 Å². The molecule has 0 unspecified atom stereocenters. The van der Waals surface area contributed by atoms with Gasteiger partial charge < -0.3 is 5.32 Å². The van der Waals surface area contributed by atoms with Gasteiger partial charge in [0.1, 0.15) is 5.82 Å². The number of hydrogen-bond donors (Lipinski definition) is 1. The molecule has 2 rings (SSSR count). The van der Waals surface area contributed by atoms with E-state index in [9.17, 15) is 4.39 Å². The van der Waals surface area contributed by atoms with Crippen molar-refractivity contribution >= 4 is 0 Å². The standard InChI is InChI=1S/C17H26FN/c1-5-13-10-17(11-13,12-19-16(2,3)4)14-6-8-15(18)9-7-14/h6-9,13,19H,5,10-12H2,1-4H3. The van der Waals surface area contributed by atoms with Crippen LogP contribution in [0, 0.1) is 11.7 Å². The molecule has 0 aliphatic heterocycles. The molecule has 0 bridgehead atoms. The van der Waals surface area contributed by atoms with Crippen molar-refractivity contribution in [3.63, 3.8) is 0 Å². The monoisotopic (exact) mass is 263 g/mol. The van der Waals surface area contributed by atoms with E-state index in [0.717, 1.165) is 12.5 Å². The predicted octanol–water partition coefficient (Wildman–Crippen LogP) is 4.27. The van der Waals surface area contributed by atoms with Crippen LogP contribution in [0.25, 0.3) is 0 Å². The van der Waals surface area contributed by atoms with Crippen molar-refractivity contribution < 1.29 is 4.39 Å². The average molecular weight is 263 g/mol. The highest BCUT2D eigenvalue weighted by Crippen LogP contribution is 2.48. The maximum absolute atomic E-state index is 13.1. The van der Waals surface area contributed by atoms with E-state index in [4.69, 9.17) is 0 Å². The first-order valence-electron chi connectivity index (χ1n) is 7.36. The molecule has 19 heavy (non-hydrogen) atoms. The summed E-state index contributed by atoms with van der Waals surface area (Å²) in [4.78, 5) is 0. The molecule has 1 N–H and O–H groups in total. The normalized spacial score (nSPS) is 27.1. The van der Waals surface area contributed by atoms with Crippen LogP contribution in [0.4, 0.5) is 4.39 Å². The summed E-state index contributed by atoms with van der Waals surface area (Å²) in [6.07, 6.45) is 3.69. The van der Waals surface area contributed by atoms with Crippen molar-refractivity contribution in [3.05, 3.63) is 35.6 Å². The molecule has 1 aromatic rings. The van der Waals surface area contributed by atoms with E-state index >= 15 is 0 Å². The van der Waals surface area contributed by atoms with Gasteiger partial charge in [-0.25, -0.2) is 4.39 Å². The fourth-order valence-electron chi connectivity index (χ4n) is 3.05. The van der Waals surface area contributed by atoms with Gasteiger partial charge in [-0.05, 0) is 57.2 Å². The lowest BCUT2D eigenvalue weighted by Gasteiger charge is -2.49. The molecule has 0 spiro atoms. The van der Waals surface area contributed by atoms with Crippen LogP contribution < -0.4 is 5.32 Å². The maximum Gasteiger partial charge on any atom is 0.123 e. The molecule has 2 heteroatoms. The Bertz CT molecular complexity index is 410. The summed E-state index contributed by atoms with van der Waals surface area (Å²) in [5, 5.41) is 3.63. The molecule has 0 radical (unpaired) electrons. The van der Waals surface area contributed by atoms with Gasteiger partial charge in [0.2, 0.25) is 0 Å². The van der Waals surface area contributed by atoms with Crippen molar-refractivity contribution in [1.82, 2.24) is 5.32 Å². The summed E-state index contributed by atoms with van der Waals surface area (Å²) in [7, 11) is 0. The quantitative estimate of drug-likeness (QED) is 0.855. The van der Waals surface area contributed by atoms with E-state index in [1.54, 1.807) is 12.1 Å². The van der Waals surface area contributed by atoms with Crippen LogP contribution >= 0.6 is 0 Å². The summed E-state index contributed by atoms with van der Waals surface area (Å²) in [5.41, 5.74) is 1.63. The zero-order valence-corrected chi connectivity index (χ0v) is 12.6. The van der Waals surface area contributed by atoms with Crippen molar-refractivity contribution in [2.24, 2.45) is 5.92 Å². The zero-order chi connectivity index (χ0) is 14.1. The molecule has 0 saturated heterocycles. The Morgan fingerprint density at radius 3 is 2.26 bits per heavy atom. The highest BCUT2D eigenvalue weighted by molar-refractivity contribution is 5.30. The van der Waals surface area contributed by atoms with Gasteiger partial charge in [0.05, 0.1) is 0 Å². The first kappa shape index (κ1) is 14.5. The van der Waals surface area contributed by atoms with Crippen LogP contribution in [0.15, 0.2) is 24.3 Å². The summed E-state index contributed by atoms with van der Waals surface area (Å²) >= 11 is 0. The second-order valence-corrected chi connectivity index (χ2v) is 7.07. The first-order chi connectivity index (χ1) is 8.85. The summed E-state index contributed by atoms with van der Waals surface area (Å²) in [5.74, 6) is 0.681. The molecule has 0 aromatic heterocycles. The molecular weight excluding hydrogens is 237 g/mol. The Labute approximate surface area is 116 Å². The highest BCUT2D eigenvalue weighted by Gasteiger charge is 2.44.